The maximum atomic E-state index is 12.4. The Hall–Kier alpha value is -3.19. The van der Waals surface area contributed by atoms with Gasteiger partial charge in [0, 0.05) is 41.1 Å². The molecule has 3 aromatic heterocycles. The number of likely N-dealkylation sites (tertiary alicyclic amines) is 1. The number of aromatic amines is 2. The van der Waals surface area contributed by atoms with Gasteiger partial charge in [-0.2, -0.15) is 5.10 Å². The quantitative estimate of drug-likeness (QED) is 0.475. The Balaban J connectivity index is 1.47. The molecule has 4 aromatic rings. The summed E-state index contributed by atoms with van der Waals surface area (Å²) < 4.78 is 0. The predicted molar refractivity (Wildman–Crippen MR) is 132 cm³/mol. The summed E-state index contributed by atoms with van der Waals surface area (Å²) in [6.07, 6.45) is 5.71. The van der Waals surface area contributed by atoms with Gasteiger partial charge in [-0.3, -0.25) is 9.89 Å². The average molecular weight is 445 g/mol. The van der Waals surface area contributed by atoms with Crippen molar-refractivity contribution in [1.29, 1.82) is 0 Å². The van der Waals surface area contributed by atoms with Crippen molar-refractivity contribution in [2.24, 2.45) is 0 Å². The van der Waals surface area contributed by atoms with Crippen molar-refractivity contribution in [2.75, 3.05) is 33.7 Å². The Morgan fingerprint density at radius 1 is 1.18 bits per heavy atom. The lowest BCUT2D eigenvalue weighted by atomic mass is 9.87. The molecule has 0 aliphatic carbocycles. The molecule has 0 spiro atoms. The van der Waals surface area contributed by atoms with Crippen molar-refractivity contribution < 1.29 is 4.79 Å². The molecule has 0 radical (unpaired) electrons. The molecule has 1 amide bonds. The third-order valence-corrected chi connectivity index (χ3v) is 6.83. The second-order valence-corrected chi connectivity index (χ2v) is 9.76. The Bertz CT molecular complexity index is 1290. The molecule has 7 heteroatoms. The van der Waals surface area contributed by atoms with Crippen LogP contribution in [-0.2, 0) is 4.79 Å². The van der Waals surface area contributed by atoms with Crippen molar-refractivity contribution in [3.63, 3.8) is 0 Å². The van der Waals surface area contributed by atoms with Gasteiger partial charge in [0.25, 0.3) is 0 Å². The van der Waals surface area contributed by atoms with E-state index in [0.717, 1.165) is 53.7 Å². The van der Waals surface area contributed by atoms with Crippen molar-refractivity contribution in [3.8, 4) is 11.3 Å². The van der Waals surface area contributed by atoms with Crippen LogP contribution in [0.15, 0.2) is 36.7 Å². The number of likely N-dealkylation sites (N-methyl/N-ethyl adjacent to an activating group) is 1. The van der Waals surface area contributed by atoms with Gasteiger partial charge in [-0.1, -0.05) is 19.9 Å². The minimum Gasteiger partial charge on any atom is -0.354 e. The Morgan fingerprint density at radius 3 is 2.70 bits per heavy atom. The van der Waals surface area contributed by atoms with Gasteiger partial charge in [-0.15, -0.1) is 0 Å². The number of hydrogen-bond donors (Lipinski definition) is 2. The second kappa shape index (κ2) is 8.63. The maximum Gasteiger partial charge on any atom is 0.236 e. The van der Waals surface area contributed by atoms with Crippen LogP contribution in [0.2, 0.25) is 0 Å². The van der Waals surface area contributed by atoms with Crippen LogP contribution in [0.4, 0.5) is 0 Å². The molecular formula is C26H32N6O. The largest absolute Gasteiger partial charge is 0.354 e. The lowest BCUT2D eigenvalue weighted by molar-refractivity contribution is -0.132. The fraction of sp³-hybridized carbons (Fsp3) is 0.423. The van der Waals surface area contributed by atoms with Crippen molar-refractivity contribution in [2.45, 2.75) is 38.5 Å². The number of aromatic nitrogens is 4. The fourth-order valence-electron chi connectivity index (χ4n) is 5.20. The summed E-state index contributed by atoms with van der Waals surface area (Å²) in [5, 5.41) is 9.49. The number of H-pyrrole nitrogens is 2. The van der Waals surface area contributed by atoms with Crippen LogP contribution < -0.4 is 0 Å². The van der Waals surface area contributed by atoms with Gasteiger partial charge >= 0.3 is 0 Å². The zero-order valence-corrected chi connectivity index (χ0v) is 19.9. The van der Waals surface area contributed by atoms with Gasteiger partial charge in [0.2, 0.25) is 5.91 Å². The van der Waals surface area contributed by atoms with Gasteiger partial charge in [-0.25, -0.2) is 4.98 Å². The molecule has 0 saturated carbocycles. The predicted octanol–water partition coefficient (Wildman–Crippen LogP) is 4.50. The van der Waals surface area contributed by atoms with Gasteiger partial charge in [0.1, 0.15) is 0 Å². The first-order chi connectivity index (χ1) is 15.9. The molecule has 0 unspecified atom stereocenters. The molecule has 0 atom stereocenters. The van der Waals surface area contributed by atoms with Crippen LogP contribution in [-0.4, -0.2) is 69.6 Å². The summed E-state index contributed by atoms with van der Waals surface area (Å²) in [6.45, 7) is 6.66. The number of amides is 1. The number of pyridine rings is 1. The fourth-order valence-corrected chi connectivity index (χ4v) is 5.20. The van der Waals surface area contributed by atoms with E-state index in [0.29, 0.717) is 18.4 Å². The highest BCUT2D eigenvalue weighted by Gasteiger charge is 2.25. The van der Waals surface area contributed by atoms with Crippen LogP contribution >= 0.6 is 0 Å². The van der Waals surface area contributed by atoms with Crippen LogP contribution in [0.25, 0.3) is 33.2 Å². The normalized spacial score (nSPS) is 15.4. The topological polar surface area (TPSA) is 80.9 Å². The van der Waals surface area contributed by atoms with Crippen LogP contribution in [0, 0.1) is 0 Å². The first-order valence-corrected chi connectivity index (χ1v) is 11.8. The number of piperidine rings is 1. The van der Waals surface area contributed by atoms with Crippen LogP contribution in [0.3, 0.4) is 0 Å². The number of hydrogen-bond acceptors (Lipinski definition) is 4. The van der Waals surface area contributed by atoms with E-state index in [-0.39, 0.29) is 5.91 Å². The second-order valence-electron chi connectivity index (χ2n) is 9.76. The molecule has 7 nitrogen and oxygen atoms in total. The zero-order valence-electron chi connectivity index (χ0n) is 19.9. The van der Waals surface area contributed by atoms with Crippen molar-refractivity contribution in [1.82, 2.24) is 30.0 Å². The Kier molecular flexibility index (Phi) is 5.66. The lowest BCUT2D eigenvalue weighted by Gasteiger charge is -2.33. The Morgan fingerprint density at radius 2 is 1.97 bits per heavy atom. The smallest absolute Gasteiger partial charge is 0.236 e. The molecule has 1 aliphatic heterocycles. The standard InChI is InChI=1S/C26H32N6O/c1-16(2)24-20-13-18(17-8-11-32(12-9-17)23(33)15-31(3)4)5-6-22(20)29-25(24)19-7-10-27-26-21(19)14-28-30-26/h5-7,10,13-14,16-17,29H,8-9,11-12,15H2,1-4H3,(H,27,28,30). The number of rotatable bonds is 5. The molecule has 1 aromatic carbocycles. The SMILES string of the molecule is CC(C)c1c(-c2ccnc3[nH]ncc23)[nH]c2ccc(C3CCN(C(=O)CN(C)C)CC3)cc12. The monoisotopic (exact) mass is 444 g/mol. The van der Waals surface area contributed by atoms with Crippen LogP contribution in [0.5, 0.6) is 0 Å². The summed E-state index contributed by atoms with van der Waals surface area (Å²) in [5.74, 6) is 1.08. The molecule has 1 saturated heterocycles. The Labute approximate surface area is 194 Å². The molecule has 5 rings (SSSR count). The summed E-state index contributed by atoms with van der Waals surface area (Å²) in [4.78, 5) is 24.5. The van der Waals surface area contributed by atoms with Gasteiger partial charge in [0.15, 0.2) is 5.65 Å². The summed E-state index contributed by atoms with van der Waals surface area (Å²) in [6, 6.07) is 8.92. The molecule has 1 fully saturated rings. The van der Waals surface area contributed by atoms with Gasteiger partial charge < -0.3 is 14.8 Å². The third kappa shape index (κ3) is 4.02. The summed E-state index contributed by atoms with van der Waals surface area (Å²) in [7, 11) is 3.89. The highest BCUT2D eigenvalue weighted by atomic mass is 16.2. The molecule has 1 aliphatic rings. The number of carbonyl (C=O) groups is 1. The number of fused-ring (bicyclic) bond motifs is 2. The zero-order chi connectivity index (χ0) is 23.1. The van der Waals surface area contributed by atoms with E-state index in [1.807, 2.05) is 36.3 Å². The third-order valence-electron chi connectivity index (χ3n) is 6.83. The van der Waals surface area contributed by atoms with Gasteiger partial charge in [-0.05, 0) is 68.1 Å². The number of benzene rings is 1. The van der Waals surface area contributed by atoms with Gasteiger partial charge in [0.05, 0.1) is 18.4 Å². The highest BCUT2D eigenvalue weighted by Crippen LogP contribution is 2.39. The first kappa shape index (κ1) is 21.6. The van der Waals surface area contributed by atoms with E-state index in [9.17, 15) is 4.79 Å². The van der Waals surface area contributed by atoms with Crippen LogP contribution in [0.1, 0.15) is 49.7 Å². The molecule has 2 N–H and O–H groups in total. The molecule has 33 heavy (non-hydrogen) atoms. The number of nitrogens with zero attached hydrogens (tertiary/aromatic N) is 4. The van der Waals surface area contributed by atoms with E-state index >= 15 is 0 Å². The summed E-state index contributed by atoms with van der Waals surface area (Å²) in [5.41, 5.74) is 6.94. The average Bonchev–Trinajstić information content (AvgIpc) is 3.42. The van der Waals surface area contributed by atoms with E-state index in [4.69, 9.17) is 0 Å². The minimum atomic E-state index is 0.231. The van der Waals surface area contributed by atoms with E-state index < -0.39 is 0 Å². The lowest BCUT2D eigenvalue weighted by Crippen LogP contribution is -2.42. The van der Waals surface area contributed by atoms with E-state index in [1.54, 1.807) is 0 Å². The molecule has 4 heterocycles. The first-order valence-electron chi connectivity index (χ1n) is 11.8. The molecule has 0 bridgehead atoms. The number of nitrogens with one attached hydrogen (secondary N) is 2. The number of carbonyl (C=O) groups excluding carboxylic acids is 1. The maximum absolute atomic E-state index is 12.4. The summed E-state index contributed by atoms with van der Waals surface area (Å²) >= 11 is 0. The highest BCUT2D eigenvalue weighted by molar-refractivity contribution is 5.98. The molecular weight excluding hydrogens is 412 g/mol. The van der Waals surface area contributed by atoms with Crippen molar-refractivity contribution in [3.05, 3.63) is 47.8 Å². The minimum absolute atomic E-state index is 0.231. The van der Waals surface area contributed by atoms with E-state index in [1.165, 1.54) is 16.5 Å². The molecule has 172 valence electrons. The van der Waals surface area contributed by atoms with Crippen molar-refractivity contribution >= 4 is 27.8 Å². The van der Waals surface area contributed by atoms with E-state index in [2.05, 4.69) is 58.3 Å².